The summed E-state index contributed by atoms with van der Waals surface area (Å²) < 4.78 is 7.54. The molecule has 5 rings (SSSR count). The first-order chi connectivity index (χ1) is 19.8. The van der Waals surface area contributed by atoms with Crippen molar-refractivity contribution in [2.45, 2.75) is 12.5 Å². The summed E-state index contributed by atoms with van der Waals surface area (Å²) in [6, 6.07) is 15.8. The van der Waals surface area contributed by atoms with Crippen LogP contribution in [0.1, 0.15) is 6.42 Å². The van der Waals surface area contributed by atoms with Crippen LogP contribution in [0.25, 0.3) is 11.3 Å². The van der Waals surface area contributed by atoms with Crippen molar-refractivity contribution in [1.29, 1.82) is 0 Å². The van der Waals surface area contributed by atoms with Gasteiger partial charge in [0, 0.05) is 56.3 Å². The highest BCUT2D eigenvalue weighted by atomic mass is 16.5. The van der Waals surface area contributed by atoms with Crippen LogP contribution in [0.2, 0.25) is 0 Å². The van der Waals surface area contributed by atoms with Gasteiger partial charge >= 0.3 is 0 Å². The van der Waals surface area contributed by atoms with Crippen LogP contribution < -0.4 is 25.6 Å². The zero-order chi connectivity index (χ0) is 28.9. The molecule has 11 nitrogen and oxygen atoms in total. The highest BCUT2D eigenvalue weighted by molar-refractivity contribution is 6.02. The summed E-state index contributed by atoms with van der Waals surface area (Å²) in [4.78, 5) is 25.7. The molecule has 2 aromatic carbocycles. The summed E-state index contributed by atoms with van der Waals surface area (Å²) in [6.45, 7) is 5.57. The van der Waals surface area contributed by atoms with Crippen molar-refractivity contribution in [3.63, 3.8) is 0 Å². The zero-order valence-electron chi connectivity index (χ0n) is 23.8. The van der Waals surface area contributed by atoms with E-state index in [0.717, 1.165) is 42.1 Å². The lowest BCUT2D eigenvalue weighted by Crippen LogP contribution is -2.34. The summed E-state index contributed by atoms with van der Waals surface area (Å²) in [5, 5.41) is 14.2. The van der Waals surface area contributed by atoms with Crippen molar-refractivity contribution in [2.24, 2.45) is 7.05 Å². The van der Waals surface area contributed by atoms with Crippen LogP contribution in [-0.4, -0.2) is 70.9 Å². The quantitative estimate of drug-likeness (QED) is 0.242. The Bertz CT molecular complexity index is 1550. The Morgan fingerprint density at radius 3 is 2.49 bits per heavy atom. The van der Waals surface area contributed by atoms with Gasteiger partial charge in [-0.2, -0.15) is 5.10 Å². The molecule has 1 atom stereocenters. The SMILES string of the molecule is C=CC(=O)Nc1cc(Nc2cc(Nc3ccccc3-c3ccn(C)n3)ncn2)c(OC)cc1N(C)C1CCN(C)C1. The molecule has 1 saturated heterocycles. The second-order valence-electron chi connectivity index (χ2n) is 10.0. The molecule has 1 unspecified atom stereocenters. The first-order valence-corrected chi connectivity index (χ1v) is 13.4. The molecular weight excluding hydrogens is 518 g/mol. The Morgan fingerprint density at radius 2 is 1.83 bits per heavy atom. The molecule has 0 radical (unpaired) electrons. The molecule has 1 amide bonds. The highest BCUT2D eigenvalue weighted by Gasteiger charge is 2.26. The van der Waals surface area contributed by atoms with Crippen molar-refractivity contribution in [2.75, 3.05) is 55.1 Å². The predicted octanol–water partition coefficient (Wildman–Crippen LogP) is 4.64. The fraction of sp³-hybridized carbons (Fsp3) is 0.267. The van der Waals surface area contributed by atoms with Gasteiger partial charge in [0.2, 0.25) is 5.91 Å². The van der Waals surface area contributed by atoms with Crippen molar-refractivity contribution >= 4 is 40.3 Å². The van der Waals surface area contributed by atoms with E-state index in [2.05, 4.69) is 54.4 Å². The molecule has 1 aliphatic rings. The Labute approximate surface area is 239 Å². The van der Waals surface area contributed by atoms with Gasteiger partial charge in [-0.3, -0.25) is 9.48 Å². The number of likely N-dealkylation sites (tertiary alicyclic amines) is 1. The van der Waals surface area contributed by atoms with Crippen LogP contribution in [0, 0.1) is 0 Å². The second kappa shape index (κ2) is 12.1. The van der Waals surface area contributed by atoms with E-state index in [-0.39, 0.29) is 5.91 Å². The number of ether oxygens (including phenoxy) is 1. The van der Waals surface area contributed by atoms with E-state index < -0.39 is 0 Å². The third-order valence-electron chi connectivity index (χ3n) is 7.16. The number of aryl methyl sites for hydroxylation is 1. The van der Waals surface area contributed by atoms with Gasteiger partial charge < -0.3 is 30.5 Å². The Morgan fingerprint density at radius 1 is 1.07 bits per heavy atom. The molecule has 4 aromatic rings. The van der Waals surface area contributed by atoms with Gasteiger partial charge in [0.1, 0.15) is 23.7 Å². The molecule has 0 bridgehead atoms. The molecule has 0 aliphatic carbocycles. The fourth-order valence-electron chi connectivity index (χ4n) is 4.98. The average molecular weight is 554 g/mol. The van der Waals surface area contributed by atoms with Crippen molar-refractivity contribution in [3.8, 4) is 17.0 Å². The number of methoxy groups -OCH3 is 1. The van der Waals surface area contributed by atoms with Crippen molar-refractivity contribution in [3.05, 3.63) is 73.7 Å². The maximum absolute atomic E-state index is 12.4. The first-order valence-electron chi connectivity index (χ1n) is 13.4. The molecule has 11 heteroatoms. The number of carbonyl (C=O) groups is 1. The van der Waals surface area contributed by atoms with E-state index in [0.29, 0.717) is 34.8 Å². The standard InChI is InChI=1S/C30H35N9O2/c1-6-30(40)35-24-15-25(27(41-5)16-26(24)39(4)20-11-13-37(2)18-20)34-29-17-28(31-19-32-29)33-22-10-8-7-9-21(22)23-12-14-38(3)36-23/h6-10,12,14-17,19-20H,1,11,13,18H2,2-5H3,(H,35,40)(H2,31,32,33,34). The fourth-order valence-corrected chi connectivity index (χ4v) is 4.98. The molecule has 1 fully saturated rings. The minimum absolute atomic E-state index is 0.292. The molecule has 41 heavy (non-hydrogen) atoms. The van der Waals surface area contributed by atoms with Gasteiger partial charge in [0.25, 0.3) is 0 Å². The van der Waals surface area contributed by atoms with Crippen molar-refractivity contribution < 1.29 is 9.53 Å². The van der Waals surface area contributed by atoms with E-state index in [9.17, 15) is 4.79 Å². The smallest absolute Gasteiger partial charge is 0.247 e. The maximum atomic E-state index is 12.4. The number of para-hydroxylation sites is 1. The normalized spacial score (nSPS) is 14.9. The number of aromatic nitrogens is 4. The number of amides is 1. The number of likely N-dealkylation sites (N-methyl/N-ethyl adjacent to an activating group) is 2. The van der Waals surface area contributed by atoms with Crippen LogP contribution >= 0.6 is 0 Å². The number of nitrogens with zero attached hydrogens (tertiary/aromatic N) is 6. The van der Waals surface area contributed by atoms with Crippen molar-refractivity contribution in [1.82, 2.24) is 24.6 Å². The van der Waals surface area contributed by atoms with Gasteiger partial charge in [0.05, 0.1) is 29.9 Å². The average Bonchev–Trinajstić information content (AvgIpc) is 3.61. The van der Waals surface area contributed by atoms with Gasteiger partial charge in [-0.05, 0) is 44.3 Å². The Balaban J connectivity index is 1.43. The van der Waals surface area contributed by atoms with Crippen LogP contribution in [0.15, 0.2) is 73.7 Å². The molecule has 0 spiro atoms. The van der Waals surface area contributed by atoms with E-state index in [4.69, 9.17) is 4.74 Å². The molecule has 0 saturated carbocycles. The third-order valence-corrected chi connectivity index (χ3v) is 7.16. The second-order valence-corrected chi connectivity index (χ2v) is 10.0. The number of hydrogen-bond donors (Lipinski definition) is 3. The summed E-state index contributed by atoms with van der Waals surface area (Å²) >= 11 is 0. The molecule has 1 aliphatic heterocycles. The maximum Gasteiger partial charge on any atom is 0.247 e. The lowest BCUT2D eigenvalue weighted by Gasteiger charge is -2.29. The topological polar surface area (TPSA) is 112 Å². The van der Waals surface area contributed by atoms with Gasteiger partial charge in [-0.1, -0.05) is 24.8 Å². The van der Waals surface area contributed by atoms with Crippen LogP contribution in [-0.2, 0) is 11.8 Å². The number of hydrogen-bond acceptors (Lipinski definition) is 9. The summed E-state index contributed by atoms with van der Waals surface area (Å²) in [5.74, 6) is 1.48. The number of anilines is 6. The van der Waals surface area contributed by atoms with Crippen LogP contribution in [0.3, 0.4) is 0 Å². The molecule has 212 valence electrons. The number of benzene rings is 2. The molecule has 3 heterocycles. The largest absolute Gasteiger partial charge is 0.494 e. The molecule has 2 aromatic heterocycles. The van der Waals surface area contributed by atoms with E-state index in [1.165, 1.54) is 12.4 Å². The first kappa shape index (κ1) is 27.7. The number of carbonyl (C=O) groups excluding carboxylic acids is 1. The lowest BCUT2D eigenvalue weighted by atomic mass is 10.1. The summed E-state index contributed by atoms with van der Waals surface area (Å²) in [7, 11) is 7.67. The third kappa shape index (κ3) is 6.30. The highest BCUT2D eigenvalue weighted by Crippen LogP contribution is 2.39. The van der Waals surface area contributed by atoms with Crippen LogP contribution in [0.4, 0.5) is 34.4 Å². The zero-order valence-corrected chi connectivity index (χ0v) is 23.8. The predicted molar refractivity (Wildman–Crippen MR) is 163 cm³/mol. The number of rotatable bonds is 10. The lowest BCUT2D eigenvalue weighted by molar-refractivity contribution is -0.111. The Kier molecular flexibility index (Phi) is 8.16. The van der Waals surface area contributed by atoms with Gasteiger partial charge in [0.15, 0.2) is 0 Å². The van der Waals surface area contributed by atoms with Crippen LogP contribution in [0.5, 0.6) is 5.75 Å². The van der Waals surface area contributed by atoms with Gasteiger partial charge in [-0.15, -0.1) is 0 Å². The molecule has 3 N–H and O–H groups in total. The summed E-state index contributed by atoms with van der Waals surface area (Å²) in [6.07, 6.45) is 5.69. The van der Waals surface area contributed by atoms with E-state index >= 15 is 0 Å². The monoisotopic (exact) mass is 553 g/mol. The van der Waals surface area contributed by atoms with E-state index in [1.54, 1.807) is 11.8 Å². The summed E-state index contributed by atoms with van der Waals surface area (Å²) in [5.41, 5.74) is 4.83. The minimum Gasteiger partial charge on any atom is -0.494 e. The molecular formula is C30H35N9O2. The van der Waals surface area contributed by atoms with E-state index in [1.807, 2.05) is 68.8 Å². The van der Waals surface area contributed by atoms with Gasteiger partial charge in [-0.25, -0.2) is 9.97 Å². The minimum atomic E-state index is -0.292. The number of nitrogens with one attached hydrogen (secondary N) is 3. The Hall–Kier alpha value is -4.90.